The summed E-state index contributed by atoms with van der Waals surface area (Å²) in [6.07, 6.45) is -1.04. The molecule has 16 heavy (non-hydrogen) atoms. The fraction of sp³-hybridized carbons (Fsp3) is 0.889. The van der Waals surface area contributed by atoms with E-state index in [0.717, 1.165) is 12.0 Å². The van der Waals surface area contributed by atoms with Crippen LogP contribution in [0.4, 0.5) is 8.78 Å². The number of piperidine rings is 1. The SMILES string of the molecule is CO.COC1CCN(C(=O)CO)CC1(F)F. The van der Waals surface area contributed by atoms with Crippen molar-refractivity contribution in [2.45, 2.75) is 18.4 Å². The summed E-state index contributed by atoms with van der Waals surface area (Å²) in [5, 5.41) is 15.5. The molecule has 0 aromatic heterocycles. The van der Waals surface area contributed by atoms with Crippen molar-refractivity contribution in [3.05, 3.63) is 0 Å². The van der Waals surface area contributed by atoms with Gasteiger partial charge in [0.05, 0.1) is 6.54 Å². The highest BCUT2D eigenvalue weighted by Crippen LogP contribution is 2.29. The van der Waals surface area contributed by atoms with E-state index in [1.165, 1.54) is 7.11 Å². The zero-order valence-electron chi connectivity index (χ0n) is 9.32. The molecule has 0 aliphatic carbocycles. The molecule has 96 valence electrons. The second-order valence-corrected chi connectivity index (χ2v) is 3.25. The Bertz CT molecular complexity index is 226. The lowest BCUT2D eigenvalue weighted by molar-refractivity contribution is -0.174. The van der Waals surface area contributed by atoms with Gasteiger partial charge in [0, 0.05) is 20.8 Å². The van der Waals surface area contributed by atoms with Gasteiger partial charge in [0.25, 0.3) is 5.92 Å². The van der Waals surface area contributed by atoms with Crippen molar-refractivity contribution in [3.63, 3.8) is 0 Å². The van der Waals surface area contributed by atoms with Gasteiger partial charge in [-0.2, -0.15) is 0 Å². The molecule has 0 saturated carbocycles. The van der Waals surface area contributed by atoms with Crippen LogP contribution in [0, 0.1) is 0 Å². The zero-order chi connectivity index (χ0) is 12.8. The molecule has 0 spiro atoms. The first kappa shape index (κ1) is 15.2. The minimum Gasteiger partial charge on any atom is -0.400 e. The Morgan fingerprint density at radius 2 is 2.12 bits per heavy atom. The first-order chi connectivity index (χ1) is 7.51. The Hall–Kier alpha value is -0.790. The summed E-state index contributed by atoms with van der Waals surface area (Å²) >= 11 is 0. The number of likely N-dealkylation sites (tertiary alicyclic amines) is 1. The van der Waals surface area contributed by atoms with Crippen molar-refractivity contribution in [1.29, 1.82) is 0 Å². The van der Waals surface area contributed by atoms with Crippen LogP contribution in [0.25, 0.3) is 0 Å². The van der Waals surface area contributed by atoms with Gasteiger partial charge >= 0.3 is 0 Å². The Balaban J connectivity index is 0.00000106. The van der Waals surface area contributed by atoms with Crippen LogP contribution in [-0.4, -0.2) is 67.0 Å². The highest BCUT2D eigenvalue weighted by atomic mass is 19.3. The van der Waals surface area contributed by atoms with E-state index in [4.69, 9.17) is 10.2 Å². The van der Waals surface area contributed by atoms with Gasteiger partial charge in [0.2, 0.25) is 5.91 Å². The highest BCUT2D eigenvalue weighted by Gasteiger charge is 2.45. The van der Waals surface area contributed by atoms with Crippen molar-refractivity contribution in [2.75, 3.05) is 33.9 Å². The normalized spacial score (nSPS) is 23.4. The molecule has 7 heteroatoms. The van der Waals surface area contributed by atoms with Crippen molar-refractivity contribution >= 4 is 5.91 Å². The lowest BCUT2D eigenvalue weighted by Crippen LogP contribution is -2.54. The van der Waals surface area contributed by atoms with Crippen LogP contribution in [0.3, 0.4) is 0 Å². The Kier molecular flexibility index (Phi) is 6.39. The maximum atomic E-state index is 13.2. The fourth-order valence-corrected chi connectivity index (χ4v) is 1.52. The summed E-state index contributed by atoms with van der Waals surface area (Å²) in [6, 6.07) is 0. The van der Waals surface area contributed by atoms with Crippen LogP contribution < -0.4 is 0 Å². The molecule has 1 rings (SSSR count). The van der Waals surface area contributed by atoms with Crippen LogP contribution >= 0.6 is 0 Å². The smallest absolute Gasteiger partial charge is 0.290 e. The number of carbonyl (C=O) groups is 1. The van der Waals surface area contributed by atoms with E-state index in [0.29, 0.717) is 0 Å². The fourth-order valence-electron chi connectivity index (χ4n) is 1.52. The minimum absolute atomic E-state index is 0.0925. The Labute approximate surface area is 92.6 Å². The van der Waals surface area contributed by atoms with Crippen LogP contribution in [-0.2, 0) is 9.53 Å². The molecule has 1 fully saturated rings. The summed E-state index contributed by atoms with van der Waals surface area (Å²) in [5.41, 5.74) is 0. The third kappa shape index (κ3) is 3.66. The summed E-state index contributed by atoms with van der Waals surface area (Å²) in [7, 11) is 2.22. The summed E-state index contributed by atoms with van der Waals surface area (Å²) in [6.45, 7) is -1.20. The molecule has 1 saturated heterocycles. The van der Waals surface area contributed by atoms with Gasteiger partial charge in [0.1, 0.15) is 12.7 Å². The highest BCUT2D eigenvalue weighted by molar-refractivity contribution is 5.77. The number of methoxy groups -OCH3 is 1. The lowest BCUT2D eigenvalue weighted by Gasteiger charge is -2.37. The number of nitrogens with zero attached hydrogens (tertiary/aromatic N) is 1. The third-order valence-corrected chi connectivity index (χ3v) is 2.31. The first-order valence-corrected chi connectivity index (χ1v) is 4.75. The molecule has 1 atom stereocenters. The lowest BCUT2D eigenvalue weighted by atomic mass is 10.0. The number of halogens is 2. The van der Waals surface area contributed by atoms with Crippen LogP contribution in [0.5, 0.6) is 0 Å². The third-order valence-electron chi connectivity index (χ3n) is 2.31. The molecule has 1 heterocycles. The Morgan fingerprint density at radius 3 is 2.50 bits per heavy atom. The van der Waals surface area contributed by atoms with E-state index >= 15 is 0 Å². The van der Waals surface area contributed by atoms with Gasteiger partial charge in [0.15, 0.2) is 0 Å². The van der Waals surface area contributed by atoms with Crippen LogP contribution in [0.1, 0.15) is 6.42 Å². The predicted molar refractivity (Wildman–Crippen MR) is 52.2 cm³/mol. The van der Waals surface area contributed by atoms with E-state index in [-0.39, 0.29) is 13.0 Å². The van der Waals surface area contributed by atoms with Crippen molar-refractivity contribution in [3.8, 4) is 0 Å². The number of ether oxygens (including phenoxy) is 1. The Morgan fingerprint density at radius 1 is 1.56 bits per heavy atom. The van der Waals surface area contributed by atoms with Crippen molar-refractivity contribution in [2.24, 2.45) is 0 Å². The van der Waals surface area contributed by atoms with E-state index < -0.39 is 31.1 Å². The van der Waals surface area contributed by atoms with E-state index in [1.54, 1.807) is 0 Å². The molecule has 1 aliphatic rings. The first-order valence-electron chi connectivity index (χ1n) is 4.75. The molecular formula is C9H17F2NO4. The number of amides is 1. The summed E-state index contributed by atoms with van der Waals surface area (Å²) in [5.74, 6) is -3.70. The van der Waals surface area contributed by atoms with Gasteiger partial charge in [-0.15, -0.1) is 0 Å². The van der Waals surface area contributed by atoms with Crippen molar-refractivity contribution in [1.82, 2.24) is 4.90 Å². The average molecular weight is 241 g/mol. The van der Waals surface area contributed by atoms with E-state index in [9.17, 15) is 13.6 Å². The quantitative estimate of drug-likeness (QED) is 0.682. The second-order valence-electron chi connectivity index (χ2n) is 3.25. The molecule has 0 aromatic rings. The standard InChI is InChI=1S/C8H13F2NO3.CH4O/c1-14-6-2-3-11(7(13)4-12)5-8(6,9)10;1-2/h6,12H,2-5H2,1H3;2H,1H3. The average Bonchev–Trinajstić information content (AvgIpc) is 2.29. The maximum absolute atomic E-state index is 13.2. The molecule has 1 aliphatic heterocycles. The van der Waals surface area contributed by atoms with Gasteiger partial charge in [-0.1, -0.05) is 0 Å². The number of aliphatic hydroxyl groups excluding tert-OH is 2. The molecule has 1 unspecified atom stereocenters. The van der Waals surface area contributed by atoms with Gasteiger partial charge in [-0.3, -0.25) is 4.79 Å². The zero-order valence-corrected chi connectivity index (χ0v) is 9.32. The van der Waals surface area contributed by atoms with Gasteiger partial charge in [-0.25, -0.2) is 8.78 Å². The summed E-state index contributed by atoms with van der Waals surface area (Å²) < 4.78 is 31.0. The van der Waals surface area contributed by atoms with Gasteiger partial charge < -0.3 is 19.8 Å². The molecule has 0 aromatic carbocycles. The van der Waals surface area contributed by atoms with E-state index in [1.807, 2.05) is 0 Å². The number of hydrogen-bond donors (Lipinski definition) is 2. The number of carbonyl (C=O) groups excluding carboxylic acids is 1. The number of hydrogen-bond acceptors (Lipinski definition) is 4. The summed E-state index contributed by atoms with van der Waals surface area (Å²) in [4.78, 5) is 11.9. The topological polar surface area (TPSA) is 70.0 Å². The second kappa shape index (κ2) is 6.72. The minimum atomic E-state index is -3.03. The molecule has 2 N–H and O–H groups in total. The predicted octanol–water partition coefficient (Wildman–Crippen LogP) is -0.530. The van der Waals surface area contributed by atoms with Gasteiger partial charge in [-0.05, 0) is 6.42 Å². The van der Waals surface area contributed by atoms with Crippen LogP contribution in [0.2, 0.25) is 0 Å². The maximum Gasteiger partial charge on any atom is 0.290 e. The largest absolute Gasteiger partial charge is 0.400 e. The molecular weight excluding hydrogens is 224 g/mol. The molecule has 0 radical (unpaired) electrons. The number of aliphatic hydroxyl groups is 2. The molecule has 1 amide bonds. The van der Waals surface area contributed by atoms with Crippen molar-refractivity contribution < 1.29 is 28.5 Å². The molecule has 0 bridgehead atoms. The molecule has 5 nitrogen and oxygen atoms in total. The van der Waals surface area contributed by atoms with Crippen LogP contribution in [0.15, 0.2) is 0 Å². The monoisotopic (exact) mass is 241 g/mol. The number of rotatable bonds is 2. The number of alkyl halides is 2. The van der Waals surface area contributed by atoms with E-state index in [2.05, 4.69) is 4.74 Å².